The molecular formula is C19H23ClN2O2. The highest BCUT2D eigenvalue weighted by molar-refractivity contribution is 6.31. The Morgan fingerprint density at radius 1 is 1.21 bits per heavy atom. The molecule has 0 atom stereocenters. The number of hydrogen-bond donors (Lipinski definition) is 1. The molecule has 2 aromatic rings. The van der Waals surface area contributed by atoms with E-state index >= 15 is 0 Å². The molecule has 0 saturated heterocycles. The van der Waals surface area contributed by atoms with Crippen molar-refractivity contribution in [3.63, 3.8) is 0 Å². The van der Waals surface area contributed by atoms with Crippen LogP contribution in [0.3, 0.4) is 0 Å². The normalized spacial score (nSPS) is 10.3. The predicted octanol–water partition coefficient (Wildman–Crippen LogP) is 3.67. The van der Waals surface area contributed by atoms with Crippen LogP contribution in [-0.4, -0.2) is 32.7 Å². The molecule has 24 heavy (non-hydrogen) atoms. The van der Waals surface area contributed by atoms with Gasteiger partial charge in [-0.15, -0.1) is 0 Å². The van der Waals surface area contributed by atoms with Crippen LogP contribution in [0.4, 0.5) is 5.69 Å². The summed E-state index contributed by atoms with van der Waals surface area (Å²) in [6.07, 6.45) is 0.872. The maximum Gasteiger partial charge on any atom is 0.257 e. The molecule has 0 aliphatic rings. The topological polar surface area (TPSA) is 41.6 Å². The van der Waals surface area contributed by atoms with Crippen LogP contribution in [0.5, 0.6) is 5.75 Å². The van der Waals surface area contributed by atoms with Crippen LogP contribution >= 0.6 is 11.6 Å². The van der Waals surface area contributed by atoms with E-state index in [-0.39, 0.29) is 12.5 Å². The van der Waals surface area contributed by atoms with Crippen LogP contribution in [0.1, 0.15) is 12.0 Å². The van der Waals surface area contributed by atoms with Gasteiger partial charge in [-0.3, -0.25) is 4.79 Å². The number of ether oxygens (including phenoxy) is 1. The monoisotopic (exact) mass is 346 g/mol. The van der Waals surface area contributed by atoms with Crippen LogP contribution < -0.4 is 15.0 Å². The Labute approximate surface area is 148 Å². The zero-order valence-corrected chi connectivity index (χ0v) is 14.8. The Kier molecular flexibility index (Phi) is 6.94. The van der Waals surface area contributed by atoms with Crippen molar-refractivity contribution in [3.8, 4) is 5.75 Å². The largest absolute Gasteiger partial charge is 0.484 e. The van der Waals surface area contributed by atoms with E-state index in [2.05, 4.69) is 22.3 Å². The van der Waals surface area contributed by atoms with Gasteiger partial charge in [0.05, 0.1) is 0 Å². The number of amides is 1. The van der Waals surface area contributed by atoms with E-state index < -0.39 is 0 Å². The Morgan fingerprint density at radius 2 is 1.96 bits per heavy atom. The van der Waals surface area contributed by atoms with E-state index in [4.69, 9.17) is 16.3 Å². The highest BCUT2D eigenvalue weighted by atomic mass is 35.5. The van der Waals surface area contributed by atoms with E-state index in [1.807, 2.05) is 38.2 Å². The van der Waals surface area contributed by atoms with Gasteiger partial charge in [0, 0.05) is 30.8 Å². The summed E-state index contributed by atoms with van der Waals surface area (Å²) in [4.78, 5) is 14.0. The zero-order chi connectivity index (χ0) is 17.4. The molecule has 2 aromatic carbocycles. The van der Waals surface area contributed by atoms with Gasteiger partial charge in [0.25, 0.3) is 5.91 Å². The Hall–Kier alpha value is -2.20. The lowest BCUT2D eigenvalue weighted by molar-refractivity contribution is -0.123. The first-order valence-electron chi connectivity index (χ1n) is 7.98. The molecule has 0 unspecified atom stereocenters. The molecule has 0 saturated carbocycles. The van der Waals surface area contributed by atoms with E-state index in [1.165, 1.54) is 5.69 Å². The van der Waals surface area contributed by atoms with Gasteiger partial charge < -0.3 is 15.0 Å². The van der Waals surface area contributed by atoms with Crippen molar-refractivity contribution in [2.45, 2.75) is 13.3 Å². The number of rotatable bonds is 8. The molecule has 4 nitrogen and oxygen atoms in total. The number of benzene rings is 2. The van der Waals surface area contributed by atoms with Crippen molar-refractivity contribution >= 4 is 23.2 Å². The summed E-state index contributed by atoms with van der Waals surface area (Å²) in [5, 5.41) is 3.56. The molecule has 128 valence electrons. The number of para-hydroxylation sites is 1. The maximum absolute atomic E-state index is 11.8. The summed E-state index contributed by atoms with van der Waals surface area (Å²) in [6.45, 7) is 3.41. The van der Waals surface area contributed by atoms with Crippen LogP contribution in [0.25, 0.3) is 0 Å². The first-order valence-corrected chi connectivity index (χ1v) is 8.36. The van der Waals surface area contributed by atoms with Crippen LogP contribution in [-0.2, 0) is 4.79 Å². The summed E-state index contributed by atoms with van der Waals surface area (Å²) in [5.74, 6) is 0.529. The first kappa shape index (κ1) is 18.1. The van der Waals surface area contributed by atoms with Gasteiger partial charge in [0.15, 0.2) is 6.61 Å². The van der Waals surface area contributed by atoms with Gasteiger partial charge in [0.2, 0.25) is 0 Å². The molecule has 0 spiro atoms. The fourth-order valence-corrected chi connectivity index (χ4v) is 2.38. The molecule has 0 bridgehead atoms. The zero-order valence-electron chi connectivity index (χ0n) is 14.1. The molecule has 1 N–H and O–H groups in total. The second-order valence-corrected chi connectivity index (χ2v) is 6.07. The fraction of sp³-hybridized carbons (Fsp3) is 0.316. The fourth-order valence-electron chi connectivity index (χ4n) is 2.26. The number of hydrogen-bond acceptors (Lipinski definition) is 3. The minimum Gasteiger partial charge on any atom is -0.484 e. The smallest absolute Gasteiger partial charge is 0.257 e. The quantitative estimate of drug-likeness (QED) is 0.741. The van der Waals surface area contributed by atoms with Gasteiger partial charge >= 0.3 is 0 Å². The third-order valence-corrected chi connectivity index (χ3v) is 4.11. The van der Waals surface area contributed by atoms with Crippen molar-refractivity contribution in [2.75, 3.05) is 31.6 Å². The SMILES string of the molecule is Cc1cc(OCC(=O)NCCCN(C)c2ccccc2)ccc1Cl. The molecular weight excluding hydrogens is 324 g/mol. The third kappa shape index (κ3) is 5.78. The van der Waals surface area contributed by atoms with Gasteiger partial charge in [-0.05, 0) is 49.2 Å². The second-order valence-electron chi connectivity index (χ2n) is 5.66. The van der Waals surface area contributed by atoms with Gasteiger partial charge in [0.1, 0.15) is 5.75 Å². The number of halogens is 1. The van der Waals surface area contributed by atoms with Gasteiger partial charge in [-0.1, -0.05) is 29.8 Å². The lowest BCUT2D eigenvalue weighted by Crippen LogP contribution is -2.31. The van der Waals surface area contributed by atoms with Crippen molar-refractivity contribution in [1.29, 1.82) is 0 Å². The summed E-state index contributed by atoms with van der Waals surface area (Å²) in [5.41, 5.74) is 2.10. The van der Waals surface area contributed by atoms with Crippen molar-refractivity contribution in [3.05, 3.63) is 59.1 Å². The van der Waals surface area contributed by atoms with E-state index in [9.17, 15) is 4.79 Å². The molecule has 0 aliphatic heterocycles. The highest BCUT2D eigenvalue weighted by Crippen LogP contribution is 2.20. The van der Waals surface area contributed by atoms with Crippen molar-refractivity contribution < 1.29 is 9.53 Å². The van der Waals surface area contributed by atoms with E-state index in [1.54, 1.807) is 12.1 Å². The Balaban J connectivity index is 1.63. The summed E-state index contributed by atoms with van der Waals surface area (Å²) in [7, 11) is 2.04. The third-order valence-electron chi connectivity index (χ3n) is 3.69. The summed E-state index contributed by atoms with van der Waals surface area (Å²) in [6, 6.07) is 15.5. The van der Waals surface area contributed by atoms with Crippen LogP contribution in [0, 0.1) is 6.92 Å². The average Bonchev–Trinajstić information content (AvgIpc) is 2.60. The number of anilines is 1. The van der Waals surface area contributed by atoms with Crippen LogP contribution in [0.2, 0.25) is 5.02 Å². The Morgan fingerprint density at radius 3 is 2.67 bits per heavy atom. The highest BCUT2D eigenvalue weighted by Gasteiger charge is 2.04. The van der Waals surface area contributed by atoms with Crippen molar-refractivity contribution in [2.24, 2.45) is 0 Å². The first-order chi connectivity index (χ1) is 11.6. The number of carbonyl (C=O) groups is 1. The number of nitrogens with one attached hydrogen (secondary N) is 1. The lowest BCUT2D eigenvalue weighted by Gasteiger charge is -2.19. The minimum absolute atomic E-state index is 0.00952. The lowest BCUT2D eigenvalue weighted by atomic mass is 10.2. The van der Waals surface area contributed by atoms with E-state index in [0.29, 0.717) is 17.3 Å². The molecule has 0 heterocycles. The predicted molar refractivity (Wildman–Crippen MR) is 99.0 cm³/mol. The maximum atomic E-state index is 11.8. The summed E-state index contributed by atoms with van der Waals surface area (Å²) >= 11 is 5.96. The van der Waals surface area contributed by atoms with Crippen LogP contribution in [0.15, 0.2) is 48.5 Å². The van der Waals surface area contributed by atoms with Gasteiger partial charge in [-0.25, -0.2) is 0 Å². The number of aryl methyl sites for hydroxylation is 1. The summed E-state index contributed by atoms with van der Waals surface area (Å²) < 4.78 is 5.47. The Bertz CT molecular complexity index is 662. The minimum atomic E-state index is -0.120. The van der Waals surface area contributed by atoms with Crippen molar-refractivity contribution in [1.82, 2.24) is 5.32 Å². The molecule has 0 aliphatic carbocycles. The molecule has 1 amide bonds. The van der Waals surface area contributed by atoms with Gasteiger partial charge in [-0.2, -0.15) is 0 Å². The number of nitrogens with zero attached hydrogens (tertiary/aromatic N) is 1. The average molecular weight is 347 g/mol. The molecule has 5 heteroatoms. The second kappa shape index (κ2) is 9.18. The number of carbonyl (C=O) groups excluding carboxylic acids is 1. The molecule has 0 aromatic heterocycles. The molecule has 2 rings (SSSR count). The molecule has 0 radical (unpaired) electrons. The van der Waals surface area contributed by atoms with E-state index in [0.717, 1.165) is 18.5 Å². The molecule has 0 fully saturated rings. The standard InChI is InChI=1S/C19H23ClN2O2/c1-15-13-17(9-10-18(15)20)24-14-19(23)21-11-6-12-22(2)16-7-4-3-5-8-16/h3-5,7-10,13H,6,11-12,14H2,1-2H3,(H,21,23).